The summed E-state index contributed by atoms with van der Waals surface area (Å²) in [6.45, 7) is 6.68. The largest absolute Gasteiger partial charge is 0.463 e. The van der Waals surface area contributed by atoms with Crippen molar-refractivity contribution in [1.82, 2.24) is 5.32 Å². The molecular formula is C10H16F3NO2. The fourth-order valence-electron chi connectivity index (χ4n) is 1.02. The van der Waals surface area contributed by atoms with Crippen LogP contribution in [0.25, 0.3) is 0 Å². The third kappa shape index (κ3) is 7.28. The van der Waals surface area contributed by atoms with Gasteiger partial charge in [-0.15, -0.1) is 0 Å². The smallest absolute Gasteiger partial charge is 0.390 e. The lowest BCUT2D eigenvalue weighted by molar-refractivity contribution is -0.139. The van der Waals surface area contributed by atoms with Crippen LogP contribution in [-0.4, -0.2) is 31.3 Å². The molecule has 1 N–H and O–H groups in total. The maximum Gasteiger partial charge on any atom is 0.390 e. The van der Waals surface area contributed by atoms with E-state index in [1.165, 1.54) is 6.92 Å². The Labute approximate surface area is 92.7 Å². The highest BCUT2D eigenvalue weighted by atomic mass is 19.4. The molecule has 0 spiro atoms. The summed E-state index contributed by atoms with van der Waals surface area (Å²) in [4.78, 5) is 11.1. The van der Waals surface area contributed by atoms with Gasteiger partial charge in [-0.05, 0) is 13.8 Å². The number of hydrogen-bond donors (Lipinski definition) is 1. The molecule has 1 atom stereocenters. The van der Waals surface area contributed by atoms with Crippen molar-refractivity contribution in [1.29, 1.82) is 0 Å². The second-order valence-electron chi connectivity index (χ2n) is 3.43. The van der Waals surface area contributed by atoms with Crippen LogP contribution in [0.3, 0.4) is 0 Å². The quantitative estimate of drug-likeness (QED) is 0.569. The van der Waals surface area contributed by atoms with Gasteiger partial charge in [0.1, 0.15) is 0 Å². The summed E-state index contributed by atoms with van der Waals surface area (Å²) in [5.41, 5.74) is 0.121. The van der Waals surface area contributed by atoms with Crippen LogP contribution in [0.15, 0.2) is 12.2 Å². The van der Waals surface area contributed by atoms with E-state index in [4.69, 9.17) is 0 Å². The summed E-state index contributed by atoms with van der Waals surface area (Å²) in [6, 6.07) is -0.758. The van der Waals surface area contributed by atoms with Crippen LogP contribution in [0, 0.1) is 0 Å². The van der Waals surface area contributed by atoms with Gasteiger partial charge < -0.3 is 10.1 Å². The third-order valence-electron chi connectivity index (χ3n) is 1.77. The highest BCUT2D eigenvalue weighted by molar-refractivity contribution is 5.88. The van der Waals surface area contributed by atoms with Gasteiger partial charge in [0, 0.05) is 18.2 Å². The van der Waals surface area contributed by atoms with Crippen LogP contribution in [0.2, 0.25) is 0 Å². The monoisotopic (exact) mass is 239 g/mol. The second kappa shape index (κ2) is 6.52. The molecule has 0 amide bonds. The molecule has 0 radical (unpaired) electrons. The van der Waals surface area contributed by atoms with Crippen molar-refractivity contribution in [2.75, 3.05) is 13.2 Å². The standard InChI is InChI=1S/C10H16F3NO2/c1-4-16-9(15)7(2)6-14-8(3)5-10(11,12)13/h8,14H,2,4-6H2,1,3H3. The molecule has 0 heterocycles. The van der Waals surface area contributed by atoms with Crippen LogP contribution < -0.4 is 5.32 Å². The summed E-state index contributed by atoms with van der Waals surface area (Å²) < 4.78 is 40.5. The van der Waals surface area contributed by atoms with E-state index in [2.05, 4.69) is 16.6 Å². The summed E-state index contributed by atoms with van der Waals surface area (Å²) in [7, 11) is 0. The Hall–Kier alpha value is -1.04. The molecule has 0 aliphatic carbocycles. The number of nitrogens with one attached hydrogen (secondary N) is 1. The van der Waals surface area contributed by atoms with E-state index >= 15 is 0 Å². The lowest BCUT2D eigenvalue weighted by atomic mass is 10.2. The Balaban J connectivity index is 3.88. The third-order valence-corrected chi connectivity index (χ3v) is 1.77. The van der Waals surface area contributed by atoms with E-state index in [0.717, 1.165) is 0 Å². The minimum Gasteiger partial charge on any atom is -0.463 e. The summed E-state index contributed by atoms with van der Waals surface area (Å²) in [6.07, 6.45) is -5.15. The first-order valence-corrected chi connectivity index (χ1v) is 4.91. The Kier molecular flexibility index (Phi) is 6.10. The highest BCUT2D eigenvalue weighted by Gasteiger charge is 2.29. The van der Waals surface area contributed by atoms with Crippen LogP contribution in [-0.2, 0) is 9.53 Å². The van der Waals surface area contributed by atoms with Gasteiger partial charge in [-0.1, -0.05) is 6.58 Å². The zero-order valence-corrected chi connectivity index (χ0v) is 9.36. The molecule has 0 aliphatic rings. The van der Waals surface area contributed by atoms with Crippen molar-refractivity contribution in [3.8, 4) is 0 Å². The minimum absolute atomic E-state index is 0.00389. The van der Waals surface area contributed by atoms with Gasteiger partial charge in [0.2, 0.25) is 0 Å². The van der Waals surface area contributed by atoms with Crippen molar-refractivity contribution in [3.05, 3.63) is 12.2 Å². The van der Waals surface area contributed by atoms with Gasteiger partial charge >= 0.3 is 12.1 Å². The molecule has 1 unspecified atom stereocenters. The van der Waals surface area contributed by atoms with Crippen molar-refractivity contribution >= 4 is 5.97 Å². The number of rotatable bonds is 6. The van der Waals surface area contributed by atoms with Crippen LogP contribution >= 0.6 is 0 Å². The predicted octanol–water partition coefficient (Wildman–Crippen LogP) is 2.04. The SMILES string of the molecule is C=C(CNC(C)CC(F)(F)F)C(=O)OCC. The molecule has 94 valence electrons. The molecule has 0 aliphatic heterocycles. The number of esters is 1. The first-order valence-electron chi connectivity index (χ1n) is 4.91. The number of ether oxygens (including phenoxy) is 1. The first-order chi connectivity index (χ1) is 7.26. The number of alkyl halides is 3. The van der Waals surface area contributed by atoms with Crippen LogP contribution in [0.5, 0.6) is 0 Å². The van der Waals surface area contributed by atoms with Gasteiger partial charge in [0.25, 0.3) is 0 Å². The molecule has 0 aromatic heterocycles. The first kappa shape index (κ1) is 15.0. The van der Waals surface area contributed by atoms with E-state index in [1.54, 1.807) is 6.92 Å². The normalized spacial score (nSPS) is 13.3. The maximum atomic E-state index is 12.0. The van der Waals surface area contributed by atoms with Crippen molar-refractivity contribution < 1.29 is 22.7 Å². The van der Waals surface area contributed by atoms with E-state index in [-0.39, 0.29) is 18.7 Å². The molecule has 0 aromatic rings. The zero-order chi connectivity index (χ0) is 12.8. The summed E-state index contributed by atoms with van der Waals surface area (Å²) in [5, 5.41) is 2.56. The van der Waals surface area contributed by atoms with Gasteiger partial charge in [0.05, 0.1) is 13.0 Å². The van der Waals surface area contributed by atoms with Crippen LogP contribution in [0.1, 0.15) is 20.3 Å². The topological polar surface area (TPSA) is 38.3 Å². The molecule has 0 saturated heterocycles. The van der Waals surface area contributed by atoms with Crippen LogP contribution in [0.4, 0.5) is 13.2 Å². The Morgan fingerprint density at radius 3 is 2.50 bits per heavy atom. The Morgan fingerprint density at radius 1 is 1.50 bits per heavy atom. The number of carbonyl (C=O) groups is 1. The minimum atomic E-state index is -4.21. The van der Waals surface area contributed by atoms with Gasteiger partial charge in [-0.2, -0.15) is 13.2 Å². The fraction of sp³-hybridized carbons (Fsp3) is 0.700. The molecule has 16 heavy (non-hydrogen) atoms. The molecule has 6 heteroatoms. The van der Waals surface area contributed by atoms with E-state index in [0.29, 0.717) is 0 Å². The number of halogens is 3. The average molecular weight is 239 g/mol. The molecule has 3 nitrogen and oxygen atoms in total. The van der Waals surface area contributed by atoms with Crippen molar-refractivity contribution in [2.45, 2.75) is 32.5 Å². The average Bonchev–Trinajstić information content (AvgIpc) is 2.11. The predicted molar refractivity (Wildman–Crippen MR) is 53.9 cm³/mol. The molecule has 0 saturated carbocycles. The van der Waals surface area contributed by atoms with Gasteiger partial charge in [-0.25, -0.2) is 4.79 Å². The number of hydrogen-bond acceptors (Lipinski definition) is 3. The molecule has 0 aromatic carbocycles. The van der Waals surface area contributed by atoms with E-state index in [1.807, 2.05) is 0 Å². The lowest BCUT2D eigenvalue weighted by Gasteiger charge is -2.16. The molecular weight excluding hydrogens is 223 g/mol. The summed E-state index contributed by atoms with van der Waals surface area (Å²) in [5.74, 6) is -0.589. The summed E-state index contributed by atoms with van der Waals surface area (Å²) >= 11 is 0. The molecule has 0 fully saturated rings. The maximum absolute atomic E-state index is 12.0. The van der Waals surface area contributed by atoms with Crippen molar-refractivity contribution in [3.63, 3.8) is 0 Å². The van der Waals surface area contributed by atoms with Crippen molar-refractivity contribution in [2.24, 2.45) is 0 Å². The fourth-order valence-corrected chi connectivity index (χ4v) is 1.02. The van der Waals surface area contributed by atoms with Gasteiger partial charge in [-0.3, -0.25) is 0 Å². The van der Waals surface area contributed by atoms with E-state index < -0.39 is 24.6 Å². The van der Waals surface area contributed by atoms with Gasteiger partial charge in [0.15, 0.2) is 0 Å². The lowest BCUT2D eigenvalue weighted by Crippen LogP contribution is -2.33. The zero-order valence-electron chi connectivity index (χ0n) is 9.36. The highest BCUT2D eigenvalue weighted by Crippen LogP contribution is 2.21. The van der Waals surface area contributed by atoms with E-state index in [9.17, 15) is 18.0 Å². The number of carbonyl (C=O) groups excluding carboxylic acids is 1. The Bertz CT molecular complexity index is 251. The Morgan fingerprint density at radius 2 is 2.06 bits per heavy atom. The second-order valence-corrected chi connectivity index (χ2v) is 3.43. The molecule has 0 bridgehead atoms. The molecule has 0 rings (SSSR count).